The Morgan fingerprint density at radius 3 is 2.53 bits per heavy atom. The summed E-state index contributed by atoms with van der Waals surface area (Å²) >= 11 is 0. The molecule has 0 aromatic heterocycles. The van der Waals surface area contributed by atoms with Crippen molar-refractivity contribution in [3.8, 4) is 0 Å². The van der Waals surface area contributed by atoms with E-state index in [-0.39, 0.29) is 10.6 Å². The van der Waals surface area contributed by atoms with Crippen LogP contribution in [0.25, 0.3) is 0 Å². The van der Waals surface area contributed by atoms with Gasteiger partial charge in [-0.3, -0.25) is 15.0 Å². The van der Waals surface area contributed by atoms with Gasteiger partial charge < -0.3 is 5.32 Å². The van der Waals surface area contributed by atoms with E-state index in [0.29, 0.717) is 6.04 Å². The van der Waals surface area contributed by atoms with Crippen LogP contribution in [0.3, 0.4) is 0 Å². The fraction of sp³-hybridized carbons (Fsp3) is 0.571. The Labute approximate surface area is 113 Å². The molecule has 0 bridgehead atoms. The van der Waals surface area contributed by atoms with E-state index in [4.69, 9.17) is 0 Å². The summed E-state index contributed by atoms with van der Waals surface area (Å²) in [7, 11) is 0. The largest absolute Gasteiger partial charge is 0.311 e. The molecule has 1 fully saturated rings. The third-order valence-electron chi connectivity index (χ3n) is 3.68. The minimum absolute atomic E-state index is 0.147. The maximum Gasteiger partial charge on any atom is 0.269 e. The molecule has 1 aliphatic rings. The van der Waals surface area contributed by atoms with Gasteiger partial charge in [0.15, 0.2) is 0 Å². The second-order valence-corrected chi connectivity index (χ2v) is 5.15. The van der Waals surface area contributed by atoms with Gasteiger partial charge in [-0.2, -0.15) is 0 Å². The van der Waals surface area contributed by atoms with Gasteiger partial charge in [-0.25, -0.2) is 0 Å². The van der Waals surface area contributed by atoms with Crippen molar-refractivity contribution in [2.75, 3.05) is 19.6 Å². The summed E-state index contributed by atoms with van der Waals surface area (Å²) in [6, 6.07) is 7.29. The van der Waals surface area contributed by atoms with E-state index >= 15 is 0 Å². The van der Waals surface area contributed by atoms with Gasteiger partial charge in [0, 0.05) is 31.3 Å². The molecule has 1 aromatic carbocycles. The van der Waals surface area contributed by atoms with Gasteiger partial charge in [0.25, 0.3) is 5.69 Å². The number of likely N-dealkylation sites (tertiary alicyclic amines) is 1. The van der Waals surface area contributed by atoms with Crippen molar-refractivity contribution in [2.24, 2.45) is 0 Å². The number of nitrogens with one attached hydrogen (secondary N) is 1. The second-order valence-electron chi connectivity index (χ2n) is 5.15. The zero-order valence-corrected chi connectivity index (χ0v) is 11.3. The molecule has 5 nitrogen and oxygen atoms in total. The van der Waals surface area contributed by atoms with Crippen molar-refractivity contribution < 1.29 is 4.92 Å². The summed E-state index contributed by atoms with van der Waals surface area (Å²) in [6.07, 6.45) is 2.62. The molecule has 1 saturated heterocycles. The molecule has 1 heterocycles. The van der Waals surface area contributed by atoms with E-state index in [0.717, 1.165) is 18.7 Å². The van der Waals surface area contributed by atoms with Gasteiger partial charge in [0.05, 0.1) is 4.92 Å². The van der Waals surface area contributed by atoms with E-state index in [2.05, 4.69) is 17.1 Å². The van der Waals surface area contributed by atoms with Gasteiger partial charge in [-0.1, -0.05) is 12.1 Å². The first-order chi connectivity index (χ1) is 9.16. The van der Waals surface area contributed by atoms with Crippen LogP contribution in [0, 0.1) is 10.1 Å². The molecule has 19 heavy (non-hydrogen) atoms. The molecule has 5 heteroatoms. The third-order valence-corrected chi connectivity index (χ3v) is 3.68. The van der Waals surface area contributed by atoms with Crippen LogP contribution in [0.2, 0.25) is 0 Å². The Morgan fingerprint density at radius 2 is 1.95 bits per heavy atom. The number of nitro groups is 1. The van der Waals surface area contributed by atoms with E-state index in [1.165, 1.54) is 25.9 Å². The van der Waals surface area contributed by atoms with Gasteiger partial charge in [-0.15, -0.1) is 0 Å². The van der Waals surface area contributed by atoms with E-state index < -0.39 is 0 Å². The lowest BCUT2D eigenvalue weighted by Crippen LogP contribution is -2.38. The van der Waals surface area contributed by atoms with E-state index in [1.54, 1.807) is 12.1 Å². The Hall–Kier alpha value is -1.46. The SMILES string of the molecule is CC(CNCc1ccc([N+](=O)[O-])cc1)N1CCCC1. The summed E-state index contributed by atoms with van der Waals surface area (Å²) < 4.78 is 0. The Morgan fingerprint density at radius 1 is 1.32 bits per heavy atom. The Bertz CT molecular complexity index is 413. The predicted molar refractivity (Wildman–Crippen MR) is 75.1 cm³/mol. The molecular formula is C14H21N3O2. The summed E-state index contributed by atoms with van der Waals surface area (Å²) in [6.45, 7) is 6.38. The smallest absolute Gasteiger partial charge is 0.269 e. The minimum Gasteiger partial charge on any atom is -0.311 e. The van der Waals surface area contributed by atoms with Crippen molar-refractivity contribution >= 4 is 5.69 Å². The Balaban J connectivity index is 1.74. The molecule has 0 saturated carbocycles. The molecule has 1 N–H and O–H groups in total. The maximum atomic E-state index is 10.5. The average Bonchev–Trinajstić information content (AvgIpc) is 2.93. The highest BCUT2D eigenvalue weighted by Crippen LogP contribution is 2.13. The molecule has 0 aliphatic carbocycles. The number of nitro benzene ring substituents is 1. The molecule has 0 amide bonds. The van der Waals surface area contributed by atoms with Gasteiger partial charge in [0.1, 0.15) is 0 Å². The van der Waals surface area contributed by atoms with Crippen LogP contribution in [-0.2, 0) is 6.54 Å². The highest BCUT2D eigenvalue weighted by Gasteiger charge is 2.17. The van der Waals surface area contributed by atoms with Gasteiger partial charge in [0.2, 0.25) is 0 Å². The number of non-ortho nitro benzene ring substituents is 1. The molecule has 1 aliphatic heterocycles. The van der Waals surface area contributed by atoms with Crippen LogP contribution in [0.4, 0.5) is 5.69 Å². The lowest BCUT2D eigenvalue weighted by atomic mass is 10.2. The number of nitrogens with zero attached hydrogens (tertiary/aromatic N) is 2. The van der Waals surface area contributed by atoms with Crippen molar-refractivity contribution in [3.05, 3.63) is 39.9 Å². The monoisotopic (exact) mass is 263 g/mol. The first-order valence-electron chi connectivity index (χ1n) is 6.85. The molecular weight excluding hydrogens is 242 g/mol. The summed E-state index contributed by atoms with van der Waals surface area (Å²) in [4.78, 5) is 12.7. The highest BCUT2D eigenvalue weighted by atomic mass is 16.6. The second kappa shape index (κ2) is 6.63. The van der Waals surface area contributed by atoms with Crippen molar-refractivity contribution in [1.29, 1.82) is 0 Å². The topological polar surface area (TPSA) is 58.4 Å². The van der Waals surface area contributed by atoms with Crippen LogP contribution in [0.5, 0.6) is 0 Å². The third kappa shape index (κ3) is 4.01. The number of hydrogen-bond acceptors (Lipinski definition) is 4. The minimum atomic E-state index is -0.368. The quantitative estimate of drug-likeness (QED) is 0.631. The van der Waals surface area contributed by atoms with Crippen LogP contribution >= 0.6 is 0 Å². The number of hydrogen-bond donors (Lipinski definition) is 1. The normalized spacial score (nSPS) is 17.5. The maximum absolute atomic E-state index is 10.5. The van der Waals surface area contributed by atoms with E-state index in [9.17, 15) is 10.1 Å². The van der Waals surface area contributed by atoms with Gasteiger partial charge >= 0.3 is 0 Å². The standard InChI is InChI=1S/C14H21N3O2/c1-12(16-8-2-3-9-16)10-15-11-13-4-6-14(7-5-13)17(18)19/h4-7,12,15H,2-3,8-11H2,1H3. The van der Waals surface area contributed by atoms with Crippen LogP contribution in [-0.4, -0.2) is 35.5 Å². The van der Waals surface area contributed by atoms with Gasteiger partial charge in [-0.05, 0) is 38.4 Å². The zero-order valence-electron chi connectivity index (χ0n) is 11.3. The lowest BCUT2D eigenvalue weighted by molar-refractivity contribution is -0.384. The predicted octanol–water partition coefficient (Wildman–Crippen LogP) is 2.17. The Kier molecular flexibility index (Phi) is 4.87. The molecule has 1 aromatic rings. The average molecular weight is 263 g/mol. The van der Waals surface area contributed by atoms with E-state index in [1.807, 2.05) is 12.1 Å². The fourth-order valence-electron chi connectivity index (χ4n) is 2.47. The molecule has 2 rings (SSSR count). The van der Waals surface area contributed by atoms with Crippen LogP contribution < -0.4 is 5.32 Å². The zero-order chi connectivity index (χ0) is 13.7. The molecule has 0 spiro atoms. The van der Waals surface area contributed by atoms with Crippen molar-refractivity contribution in [3.63, 3.8) is 0 Å². The number of benzene rings is 1. The molecule has 104 valence electrons. The molecule has 1 atom stereocenters. The van der Waals surface area contributed by atoms with Crippen molar-refractivity contribution in [1.82, 2.24) is 10.2 Å². The fourth-order valence-corrected chi connectivity index (χ4v) is 2.47. The summed E-state index contributed by atoms with van der Waals surface area (Å²) in [5.41, 5.74) is 1.23. The van der Waals surface area contributed by atoms with Crippen LogP contribution in [0.1, 0.15) is 25.3 Å². The molecule has 1 unspecified atom stereocenters. The molecule has 0 radical (unpaired) electrons. The van der Waals surface area contributed by atoms with Crippen LogP contribution in [0.15, 0.2) is 24.3 Å². The number of rotatable bonds is 6. The highest BCUT2D eigenvalue weighted by molar-refractivity contribution is 5.32. The summed E-state index contributed by atoms with van der Waals surface area (Å²) in [5, 5.41) is 14.0. The summed E-state index contributed by atoms with van der Waals surface area (Å²) in [5.74, 6) is 0. The lowest BCUT2D eigenvalue weighted by Gasteiger charge is -2.23. The van der Waals surface area contributed by atoms with Crippen molar-refractivity contribution in [2.45, 2.75) is 32.4 Å². The first-order valence-corrected chi connectivity index (χ1v) is 6.85. The first kappa shape index (κ1) is 14.0.